The number of ether oxygens (including phenoxy) is 1. The van der Waals surface area contributed by atoms with Gasteiger partial charge in [0.05, 0.1) is 17.9 Å². The number of carboxylic acids is 1. The van der Waals surface area contributed by atoms with Crippen LogP contribution in [0.5, 0.6) is 5.75 Å². The van der Waals surface area contributed by atoms with Gasteiger partial charge in [0.1, 0.15) is 11.4 Å². The van der Waals surface area contributed by atoms with E-state index >= 15 is 0 Å². The van der Waals surface area contributed by atoms with Crippen molar-refractivity contribution >= 4 is 23.3 Å². The van der Waals surface area contributed by atoms with Gasteiger partial charge in [-0.2, -0.15) is 0 Å². The van der Waals surface area contributed by atoms with Gasteiger partial charge >= 0.3 is 5.97 Å². The molecule has 0 bridgehead atoms. The highest BCUT2D eigenvalue weighted by atomic mass is 16.5. The highest BCUT2D eigenvalue weighted by Gasteiger charge is 2.21. The Kier molecular flexibility index (Phi) is 5.16. The zero-order valence-corrected chi connectivity index (χ0v) is 16.2. The minimum atomic E-state index is -1.07. The summed E-state index contributed by atoms with van der Waals surface area (Å²) in [5.74, 6) is -0.252. The Hall–Kier alpha value is -3.41. The second-order valence-corrected chi connectivity index (χ2v) is 7.10. The molecule has 0 radical (unpaired) electrons. The summed E-state index contributed by atoms with van der Waals surface area (Å²) in [6.45, 7) is 2.71. The number of rotatable bonds is 5. The Balaban J connectivity index is 1.84. The second-order valence-electron chi connectivity index (χ2n) is 7.10. The number of nitrogens with zero attached hydrogens (tertiary/aromatic N) is 2. The van der Waals surface area contributed by atoms with E-state index in [1.165, 1.54) is 16.7 Å². The van der Waals surface area contributed by atoms with Crippen LogP contribution < -0.4 is 10.3 Å². The minimum Gasteiger partial charge on any atom is -0.493 e. The van der Waals surface area contributed by atoms with Crippen LogP contribution in [-0.4, -0.2) is 27.1 Å². The molecule has 0 atom stereocenters. The maximum Gasteiger partial charge on any atom is 0.337 e. The first-order valence-corrected chi connectivity index (χ1v) is 9.80. The first-order valence-electron chi connectivity index (χ1n) is 9.80. The second kappa shape index (κ2) is 7.91. The number of hydrogen-bond acceptors (Lipinski definition) is 4. The van der Waals surface area contributed by atoms with E-state index in [0.29, 0.717) is 29.9 Å². The van der Waals surface area contributed by atoms with Crippen LogP contribution in [-0.2, 0) is 6.42 Å². The molecule has 3 aromatic rings. The number of benzene rings is 1. The third kappa shape index (κ3) is 3.66. The van der Waals surface area contributed by atoms with Gasteiger partial charge in [0.2, 0.25) is 0 Å². The number of aromatic nitrogens is 2. The third-order valence-electron chi connectivity index (χ3n) is 5.05. The molecule has 4 rings (SSSR count). The fraction of sp³-hybridized carbons (Fsp3) is 0.261. The van der Waals surface area contributed by atoms with Crippen molar-refractivity contribution in [1.29, 1.82) is 0 Å². The van der Waals surface area contributed by atoms with Crippen LogP contribution in [0.15, 0.2) is 47.4 Å². The lowest BCUT2D eigenvalue weighted by Gasteiger charge is -2.19. The highest BCUT2D eigenvalue weighted by Crippen LogP contribution is 2.32. The molecule has 148 valence electrons. The van der Waals surface area contributed by atoms with Crippen molar-refractivity contribution < 1.29 is 14.6 Å². The number of aromatic carboxylic acids is 1. The molecule has 0 saturated carbocycles. The van der Waals surface area contributed by atoms with Gasteiger partial charge in [0.25, 0.3) is 5.56 Å². The van der Waals surface area contributed by atoms with Crippen LogP contribution in [0.1, 0.15) is 53.4 Å². The zero-order chi connectivity index (χ0) is 20.4. The molecule has 2 aromatic heterocycles. The van der Waals surface area contributed by atoms with Gasteiger partial charge in [-0.1, -0.05) is 25.1 Å². The van der Waals surface area contributed by atoms with E-state index in [0.717, 1.165) is 36.1 Å². The van der Waals surface area contributed by atoms with Crippen LogP contribution in [0.25, 0.3) is 17.3 Å². The maximum absolute atomic E-state index is 13.0. The molecular weight excluding hydrogens is 368 g/mol. The average molecular weight is 390 g/mol. The van der Waals surface area contributed by atoms with Gasteiger partial charge in [0.15, 0.2) is 0 Å². The van der Waals surface area contributed by atoms with E-state index in [-0.39, 0.29) is 11.1 Å². The Morgan fingerprint density at radius 3 is 2.86 bits per heavy atom. The molecule has 6 heteroatoms. The van der Waals surface area contributed by atoms with Gasteiger partial charge < -0.3 is 9.84 Å². The van der Waals surface area contributed by atoms with Gasteiger partial charge in [-0.05, 0) is 55.5 Å². The number of carbonyl (C=O) groups is 1. The number of pyridine rings is 1. The van der Waals surface area contributed by atoms with Crippen molar-refractivity contribution in [2.75, 3.05) is 6.61 Å². The molecule has 0 saturated heterocycles. The molecule has 1 N–H and O–H groups in total. The molecule has 6 nitrogen and oxygen atoms in total. The number of fused-ring (bicyclic) bond motifs is 2. The summed E-state index contributed by atoms with van der Waals surface area (Å²) in [6.07, 6.45) is 6.63. The van der Waals surface area contributed by atoms with Crippen molar-refractivity contribution in [1.82, 2.24) is 9.38 Å². The molecular formula is C23H22N2O4. The summed E-state index contributed by atoms with van der Waals surface area (Å²) in [7, 11) is 0. The number of allylic oxidation sites excluding steroid dienone is 1. The predicted molar refractivity (Wildman–Crippen MR) is 111 cm³/mol. The number of para-hydroxylation sites is 1. The topological polar surface area (TPSA) is 80.9 Å². The van der Waals surface area contributed by atoms with E-state index in [1.807, 2.05) is 24.3 Å². The molecule has 0 fully saturated rings. The third-order valence-corrected chi connectivity index (χ3v) is 5.05. The number of hydrogen-bond donors (Lipinski definition) is 1. The van der Waals surface area contributed by atoms with Crippen molar-refractivity contribution in [2.45, 2.75) is 32.6 Å². The molecule has 1 aliphatic rings. The molecule has 2 heterocycles. The molecule has 0 aliphatic heterocycles. The van der Waals surface area contributed by atoms with E-state index in [1.54, 1.807) is 6.07 Å². The summed E-state index contributed by atoms with van der Waals surface area (Å²) in [4.78, 5) is 29.0. The van der Waals surface area contributed by atoms with Crippen LogP contribution in [0.4, 0.5) is 0 Å². The Labute approximate surface area is 168 Å². The monoisotopic (exact) mass is 390 g/mol. The van der Waals surface area contributed by atoms with E-state index < -0.39 is 5.97 Å². The summed E-state index contributed by atoms with van der Waals surface area (Å²) >= 11 is 0. The smallest absolute Gasteiger partial charge is 0.337 e. The molecule has 0 spiro atoms. The van der Waals surface area contributed by atoms with Crippen molar-refractivity contribution in [3.05, 3.63) is 75.3 Å². The van der Waals surface area contributed by atoms with Crippen LogP contribution in [0.2, 0.25) is 0 Å². The lowest BCUT2D eigenvalue weighted by Crippen LogP contribution is -2.25. The Morgan fingerprint density at radius 2 is 2.07 bits per heavy atom. The predicted octanol–water partition coefficient (Wildman–Crippen LogP) is 4.06. The first kappa shape index (κ1) is 18.9. The van der Waals surface area contributed by atoms with Gasteiger partial charge in [0, 0.05) is 17.3 Å². The molecule has 0 unspecified atom stereocenters. The first-order chi connectivity index (χ1) is 14.1. The van der Waals surface area contributed by atoms with E-state index in [4.69, 9.17) is 9.72 Å². The SMILES string of the molecule is CCCOc1ccccc1/C=C1\CCCc2c1nc1ccc(C(=O)O)cn1c2=O. The van der Waals surface area contributed by atoms with Crippen LogP contribution in [0.3, 0.4) is 0 Å². The Bertz CT molecular complexity index is 1180. The van der Waals surface area contributed by atoms with E-state index in [2.05, 4.69) is 13.0 Å². The zero-order valence-electron chi connectivity index (χ0n) is 16.2. The largest absolute Gasteiger partial charge is 0.493 e. The number of carboxylic acid groups (broad SMARTS) is 1. The lowest BCUT2D eigenvalue weighted by molar-refractivity contribution is 0.0696. The fourth-order valence-electron chi connectivity index (χ4n) is 3.64. The summed E-state index contributed by atoms with van der Waals surface area (Å²) in [6, 6.07) is 10.9. The summed E-state index contributed by atoms with van der Waals surface area (Å²) < 4.78 is 7.20. The average Bonchev–Trinajstić information content (AvgIpc) is 2.73. The van der Waals surface area contributed by atoms with E-state index in [9.17, 15) is 14.7 Å². The minimum absolute atomic E-state index is 0.0647. The van der Waals surface area contributed by atoms with Crippen LogP contribution >= 0.6 is 0 Å². The molecule has 0 amide bonds. The highest BCUT2D eigenvalue weighted by molar-refractivity contribution is 5.88. The Morgan fingerprint density at radius 1 is 1.24 bits per heavy atom. The molecule has 29 heavy (non-hydrogen) atoms. The standard InChI is InChI=1S/C23H22N2O4/c1-2-12-29-19-9-4-3-6-15(19)13-16-7-5-8-18-21(16)24-20-11-10-17(23(27)28)14-25(20)22(18)26/h3-4,6,9-11,13-14H,2,5,7-8,12H2,1H3,(H,27,28)/b16-13+. The molecule has 1 aromatic carbocycles. The van der Waals surface area contributed by atoms with Crippen molar-refractivity contribution in [3.63, 3.8) is 0 Å². The maximum atomic E-state index is 13.0. The quantitative estimate of drug-likeness (QED) is 0.711. The van der Waals surface area contributed by atoms with Crippen molar-refractivity contribution in [2.24, 2.45) is 0 Å². The fourth-order valence-corrected chi connectivity index (χ4v) is 3.64. The van der Waals surface area contributed by atoms with Gasteiger partial charge in [-0.25, -0.2) is 9.78 Å². The summed E-state index contributed by atoms with van der Waals surface area (Å²) in [5.41, 5.74) is 3.61. The normalized spacial score (nSPS) is 14.7. The lowest BCUT2D eigenvalue weighted by atomic mass is 9.90. The summed E-state index contributed by atoms with van der Waals surface area (Å²) in [5, 5.41) is 9.21. The van der Waals surface area contributed by atoms with Gasteiger partial charge in [-0.15, -0.1) is 0 Å². The van der Waals surface area contributed by atoms with Gasteiger partial charge in [-0.3, -0.25) is 9.20 Å². The molecule has 1 aliphatic carbocycles. The van der Waals surface area contributed by atoms with Crippen molar-refractivity contribution in [3.8, 4) is 5.75 Å². The van der Waals surface area contributed by atoms with Crippen LogP contribution in [0, 0.1) is 0 Å².